The molecule has 0 aromatic carbocycles. The van der Waals surface area contributed by atoms with E-state index in [-0.39, 0.29) is 0 Å². The summed E-state index contributed by atoms with van der Waals surface area (Å²) in [6.07, 6.45) is 2.44. The summed E-state index contributed by atoms with van der Waals surface area (Å²) in [5.41, 5.74) is 1.47. The van der Waals surface area contributed by atoms with Crippen molar-refractivity contribution < 1.29 is 0 Å². The van der Waals surface area contributed by atoms with Crippen LogP contribution in [0, 0.1) is 12.8 Å². The average Bonchev–Trinajstić information content (AvgIpc) is 2.58. The molecule has 1 aromatic heterocycles. The van der Waals surface area contributed by atoms with Gasteiger partial charge in [-0.1, -0.05) is 20.8 Å². The van der Waals surface area contributed by atoms with Crippen LogP contribution in [0.5, 0.6) is 0 Å². The van der Waals surface area contributed by atoms with Crippen LogP contribution in [0.2, 0.25) is 0 Å². The van der Waals surface area contributed by atoms with Gasteiger partial charge in [-0.05, 0) is 49.2 Å². The number of thiophene rings is 1. The lowest BCUT2D eigenvalue weighted by molar-refractivity contribution is 0.431. The zero-order chi connectivity index (χ0) is 11.3. The fourth-order valence-corrected chi connectivity index (χ4v) is 2.53. The van der Waals surface area contributed by atoms with Crippen LogP contribution in [0.25, 0.3) is 0 Å². The van der Waals surface area contributed by atoms with Gasteiger partial charge in [-0.3, -0.25) is 0 Å². The number of rotatable bonds is 6. The molecular weight excluding hydrogens is 202 g/mol. The molecule has 86 valence electrons. The van der Waals surface area contributed by atoms with Gasteiger partial charge >= 0.3 is 0 Å². The molecule has 0 amide bonds. The standard InChI is InChI=1S/C13H23NS/c1-5-6-14-13(7-10(2)3)12-8-11(4)15-9-12/h8-10,13-14H,5-7H2,1-4H3. The Hall–Kier alpha value is -0.340. The quantitative estimate of drug-likeness (QED) is 0.767. The van der Waals surface area contributed by atoms with Crippen LogP contribution in [-0.4, -0.2) is 6.54 Å². The third-order valence-corrected chi connectivity index (χ3v) is 3.38. The maximum absolute atomic E-state index is 3.64. The topological polar surface area (TPSA) is 12.0 Å². The minimum atomic E-state index is 0.551. The summed E-state index contributed by atoms with van der Waals surface area (Å²) in [5.74, 6) is 0.750. The van der Waals surface area contributed by atoms with E-state index < -0.39 is 0 Å². The average molecular weight is 225 g/mol. The number of aryl methyl sites for hydroxylation is 1. The van der Waals surface area contributed by atoms with Gasteiger partial charge < -0.3 is 5.32 Å². The Morgan fingerprint density at radius 3 is 2.60 bits per heavy atom. The molecule has 0 radical (unpaired) electrons. The lowest BCUT2D eigenvalue weighted by atomic mass is 9.99. The van der Waals surface area contributed by atoms with Gasteiger partial charge in [0.25, 0.3) is 0 Å². The predicted molar refractivity (Wildman–Crippen MR) is 69.5 cm³/mol. The summed E-state index contributed by atoms with van der Waals surface area (Å²) in [7, 11) is 0. The van der Waals surface area contributed by atoms with Gasteiger partial charge in [0.2, 0.25) is 0 Å². The molecule has 0 saturated heterocycles. The fraction of sp³-hybridized carbons (Fsp3) is 0.692. The first-order valence-corrected chi connectivity index (χ1v) is 6.79. The molecule has 0 aliphatic rings. The van der Waals surface area contributed by atoms with Gasteiger partial charge in [0, 0.05) is 10.9 Å². The summed E-state index contributed by atoms with van der Waals surface area (Å²) in [4.78, 5) is 1.41. The van der Waals surface area contributed by atoms with Crippen LogP contribution >= 0.6 is 11.3 Å². The normalized spacial score (nSPS) is 13.4. The van der Waals surface area contributed by atoms with E-state index in [0.717, 1.165) is 12.5 Å². The Morgan fingerprint density at radius 2 is 2.13 bits per heavy atom. The van der Waals surface area contributed by atoms with E-state index in [4.69, 9.17) is 0 Å². The van der Waals surface area contributed by atoms with Crippen molar-refractivity contribution in [3.63, 3.8) is 0 Å². The van der Waals surface area contributed by atoms with E-state index >= 15 is 0 Å². The minimum Gasteiger partial charge on any atom is -0.310 e. The van der Waals surface area contributed by atoms with Crippen LogP contribution < -0.4 is 5.32 Å². The van der Waals surface area contributed by atoms with Crippen LogP contribution in [0.15, 0.2) is 11.4 Å². The molecule has 0 fully saturated rings. The van der Waals surface area contributed by atoms with Crippen molar-refractivity contribution in [3.8, 4) is 0 Å². The molecule has 1 nitrogen and oxygen atoms in total. The first-order chi connectivity index (χ1) is 7.13. The van der Waals surface area contributed by atoms with Gasteiger partial charge in [-0.2, -0.15) is 0 Å². The largest absolute Gasteiger partial charge is 0.310 e. The summed E-state index contributed by atoms with van der Waals surface area (Å²) in [5, 5.41) is 5.93. The third kappa shape index (κ3) is 4.35. The van der Waals surface area contributed by atoms with Crippen LogP contribution in [0.1, 0.15) is 50.1 Å². The van der Waals surface area contributed by atoms with Crippen molar-refractivity contribution in [2.24, 2.45) is 5.92 Å². The van der Waals surface area contributed by atoms with Gasteiger partial charge in [0.05, 0.1) is 0 Å². The summed E-state index contributed by atoms with van der Waals surface area (Å²) < 4.78 is 0. The predicted octanol–water partition coefficient (Wildman–Crippen LogP) is 4.14. The maximum Gasteiger partial charge on any atom is 0.0331 e. The first-order valence-electron chi connectivity index (χ1n) is 5.92. The molecule has 1 rings (SSSR count). The summed E-state index contributed by atoms with van der Waals surface area (Å²) in [6, 6.07) is 2.87. The van der Waals surface area contributed by atoms with E-state index in [2.05, 4.69) is 44.5 Å². The zero-order valence-electron chi connectivity index (χ0n) is 10.3. The number of nitrogens with one attached hydrogen (secondary N) is 1. The SMILES string of the molecule is CCCNC(CC(C)C)c1csc(C)c1. The monoisotopic (exact) mass is 225 g/mol. The first kappa shape index (κ1) is 12.7. The molecule has 15 heavy (non-hydrogen) atoms. The van der Waals surface area contributed by atoms with Gasteiger partial charge in [0.1, 0.15) is 0 Å². The smallest absolute Gasteiger partial charge is 0.0331 e. The lowest BCUT2D eigenvalue weighted by Gasteiger charge is -2.19. The van der Waals surface area contributed by atoms with Gasteiger partial charge in [-0.25, -0.2) is 0 Å². The second-order valence-electron chi connectivity index (χ2n) is 4.63. The van der Waals surface area contributed by atoms with Crippen molar-refractivity contribution in [1.82, 2.24) is 5.32 Å². The lowest BCUT2D eigenvalue weighted by Crippen LogP contribution is -2.23. The Bertz CT molecular complexity index is 278. The summed E-state index contributed by atoms with van der Waals surface area (Å²) >= 11 is 1.85. The Kier molecular flexibility index (Phi) is 5.34. The van der Waals surface area contributed by atoms with Gasteiger partial charge in [-0.15, -0.1) is 11.3 Å². The molecule has 0 aliphatic carbocycles. The molecular formula is C13H23NS. The maximum atomic E-state index is 3.64. The van der Waals surface area contributed by atoms with Crippen molar-refractivity contribution in [3.05, 3.63) is 21.9 Å². The van der Waals surface area contributed by atoms with Gasteiger partial charge in [0.15, 0.2) is 0 Å². The Morgan fingerprint density at radius 1 is 1.40 bits per heavy atom. The highest BCUT2D eigenvalue weighted by molar-refractivity contribution is 7.10. The third-order valence-electron chi connectivity index (χ3n) is 2.50. The number of hydrogen-bond acceptors (Lipinski definition) is 2. The number of hydrogen-bond donors (Lipinski definition) is 1. The molecule has 1 aromatic rings. The highest BCUT2D eigenvalue weighted by atomic mass is 32.1. The molecule has 1 unspecified atom stereocenters. The Labute approximate surface area is 97.9 Å². The zero-order valence-corrected chi connectivity index (χ0v) is 11.2. The van der Waals surface area contributed by atoms with E-state index in [9.17, 15) is 0 Å². The van der Waals surface area contributed by atoms with E-state index in [1.165, 1.54) is 23.3 Å². The van der Waals surface area contributed by atoms with Crippen LogP contribution in [0.4, 0.5) is 0 Å². The van der Waals surface area contributed by atoms with Crippen LogP contribution in [0.3, 0.4) is 0 Å². The fourth-order valence-electron chi connectivity index (χ4n) is 1.77. The molecule has 2 heteroatoms. The minimum absolute atomic E-state index is 0.551. The van der Waals surface area contributed by atoms with Crippen LogP contribution in [-0.2, 0) is 0 Å². The van der Waals surface area contributed by atoms with E-state index in [0.29, 0.717) is 6.04 Å². The molecule has 1 N–H and O–H groups in total. The molecule has 0 aliphatic heterocycles. The molecule has 0 bridgehead atoms. The van der Waals surface area contributed by atoms with Crippen molar-refractivity contribution in [2.45, 2.75) is 46.6 Å². The van der Waals surface area contributed by atoms with Crippen molar-refractivity contribution >= 4 is 11.3 Å². The second-order valence-corrected chi connectivity index (χ2v) is 5.74. The van der Waals surface area contributed by atoms with E-state index in [1.807, 2.05) is 11.3 Å². The van der Waals surface area contributed by atoms with Crippen molar-refractivity contribution in [1.29, 1.82) is 0 Å². The van der Waals surface area contributed by atoms with E-state index in [1.54, 1.807) is 0 Å². The van der Waals surface area contributed by atoms with Crippen molar-refractivity contribution in [2.75, 3.05) is 6.54 Å². The Balaban J connectivity index is 2.62. The second kappa shape index (κ2) is 6.29. The highest BCUT2D eigenvalue weighted by Crippen LogP contribution is 2.25. The molecule has 0 saturated carbocycles. The molecule has 1 atom stereocenters. The molecule has 0 spiro atoms. The molecule has 1 heterocycles. The summed E-state index contributed by atoms with van der Waals surface area (Å²) in [6.45, 7) is 10.1. The highest BCUT2D eigenvalue weighted by Gasteiger charge is 2.13.